The van der Waals surface area contributed by atoms with Crippen molar-refractivity contribution in [3.05, 3.63) is 57.3 Å². The molecule has 27 heavy (non-hydrogen) atoms. The lowest BCUT2D eigenvalue weighted by molar-refractivity contribution is -0.114. The first-order valence-corrected chi connectivity index (χ1v) is 10.6. The van der Waals surface area contributed by atoms with Crippen molar-refractivity contribution in [3.63, 3.8) is 0 Å². The fourth-order valence-corrected chi connectivity index (χ4v) is 3.49. The number of ketones is 1. The number of benzene rings is 1. The summed E-state index contributed by atoms with van der Waals surface area (Å²) < 4.78 is 24.3. The standard InChI is InChI=1S/C17H17BrN2O6S/c1-3-13-4-5-14(20(13)19-15(21)9-27(2,25)26)16(22)10-6-11(17(23)24)8-12(18)7-10/h4-8H,3,9H2,1-2H3,(H,19,21)(H,23,24). The molecule has 2 rings (SSSR count). The van der Waals surface area contributed by atoms with Crippen molar-refractivity contribution in [2.45, 2.75) is 13.3 Å². The molecule has 0 radical (unpaired) electrons. The first-order chi connectivity index (χ1) is 12.5. The summed E-state index contributed by atoms with van der Waals surface area (Å²) in [4.78, 5) is 36.1. The summed E-state index contributed by atoms with van der Waals surface area (Å²) in [6.45, 7) is 1.81. The molecule has 1 heterocycles. The molecule has 2 N–H and O–H groups in total. The molecule has 0 atom stereocenters. The number of halogens is 1. The summed E-state index contributed by atoms with van der Waals surface area (Å²) >= 11 is 3.17. The van der Waals surface area contributed by atoms with Gasteiger partial charge in [0.2, 0.25) is 5.78 Å². The smallest absolute Gasteiger partial charge is 0.335 e. The van der Waals surface area contributed by atoms with Crippen LogP contribution >= 0.6 is 15.9 Å². The number of aromatic nitrogens is 1. The van der Waals surface area contributed by atoms with Crippen molar-refractivity contribution in [2.75, 3.05) is 17.4 Å². The molecule has 0 spiro atoms. The quantitative estimate of drug-likeness (QED) is 0.612. The molecule has 0 fully saturated rings. The van der Waals surface area contributed by atoms with Gasteiger partial charge in [0.15, 0.2) is 9.84 Å². The first-order valence-electron chi connectivity index (χ1n) is 7.78. The average Bonchev–Trinajstić information content (AvgIpc) is 2.94. The van der Waals surface area contributed by atoms with E-state index in [2.05, 4.69) is 21.4 Å². The summed E-state index contributed by atoms with van der Waals surface area (Å²) in [5.41, 5.74) is 3.14. The van der Waals surface area contributed by atoms with Crippen LogP contribution in [0.15, 0.2) is 34.8 Å². The summed E-state index contributed by atoms with van der Waals surface area (Å²) in [6, 6.07) is 7.18. The van der Waals surface area contributed by atoms with Gasteiger partial charge in [-0.25, -0.2) is 13.2 Å². The first kappa shape index (κ1) is 20.8. The van der Waals surface area contributed by atoms with Crippen LogP contribution < -0.4 is 5.43 Å². The Labute approximate surface area is 164 Å². The minimum atomic E-state index is -3.53. The van der Waals surface area contributed by atoms with Gasteiger partial charge in [-0.05, 0) is 36.8 Å². The minimum Gasteiger partial charge on any atom is -0.478 e. The van der Waals surface area contributed by atoms with Crippen LogP contribution in [0.2, 0.25) is 0 Å². The number of hydrogen-bond acceptors (Lipinski definition) is 5. The molecule has 0 bridgehead atoms. The second-order valence-corrected chi connectivity index (χ2v) is 8.92. The number of carbonyl (C=O) groups excluding carboxylic acids is 2. The van der Waals surface area contributed by atoms with Crippen LogP contribution in [0.1, 0.15) is 39.0 Å². The lowest BCUT2D eigenvalue weighted by atomic mass is 10.1. The topological polar surface area (TPSA) is 123 Å². The largest absolute Gasteiger partial charge is 0.478 e. The number of rotatable bonds is 7. The highest BCUT2D eigenvalue weighted by Crippen LogP contribution is 2.20. The van der Waals surface area contributed by atoms with Crippen LogP contribution in [0.4, 0.5) is 0 Å². The number of carboxylic acid groups (broad SMARTS) is 1. The number of carbonyl (C=O) groups is 3. The summed E-state index contributed by atoms with van der Waals surface area (Å²) in [7, 11) is -3.53. The van der Waals surface area contributed by atoms with E-state index >= 15 is 0 Å². The van der Waals surface area contributed by atoms with E-state index in [0.717, 1.165) is 6.26 Å². The maximum Gasteiger partial charge on any atom is 0.335 e. The van der Waals surface area contributed by atoms with E-state index in [1.807, 2.05) is 6.92 Å². The van der Waals surface area contributed by atoms with Crippen LogP contribution in [-0.2, 0) is 21.1 Å². The fourth-order valence-electron chi connectivity index (χ4n) is 2.45. The van der Waals surface area contributed by atoms with Crippen LogP contribution in [0.3, 0.4) is 0 Å². The van der Waals surface area contributed by atoms with Gasteiger partial charge in [-0.3, -0.25) is 19.7 Å². The predicted molar refractivity (Wildman–Crippen MR) is 102 cm³/mol. The van der Waals surface area contributed by atoms with Crippen LogP contribution in [0.25, 0.3) is 0 Å². The third-order valence-corrected chi connectivity index (χ3v) is 4.84. The van der Waals surface area contributed by atoms with Gasteiger partial charge in [0.25, 0.3) is 5.91 Å². The molecule has 0 saturated heterocycles. The molecule has 0 unspecified atom stereocenters. The Bertz CT molecular complexity index is 1030. The van der Waals surface area contributed by atoms with Crippen LogP contribution in [0.5, 0.6) is 0 Å². The Morgan fingerprint density at radius 1 is 1.15 bits per heavy atom. The minimum absolute atomic E-state index is 0.0670. The summed E-state index contributed by atoms with van der Waals surface area (Å²) in [6.07, 6.45) is 1.41. The molecule has 1 aromatic heterocycles. The van der Waals surface area contributed by atoms with Crippen molar-refractivity contribution in [2.24, 2.45) is 0 Å². The molecule has 0 aliphatic heterocycles. The van der Waals surface area contributed by atoms with E-state index in [-0.39, 0.29) is 16.8 Å². The zero-order valence-electron chi connectivity index (χ0n) is 14.5. The number of sulfone groups is 1. The number of aryl methyl sites for hydroxylation is 1. The highest BCUT2D eigenvalue weighted by Gasteiger charge is 2.21. The Kier molecular flexibility index (Phi) is 6.22. The third-order valence-electron chi connectivity index (χ3n) is 3.59. The van der Waals surface area contributed by atoms with Crippen molar-refractivity contribution < 1.29 is 27.9 Å². The normalized spacial score (nSPS) is 11.2. The van der Waals surface area contributed by atoms with Gasteiger partial charge in [0.05, 0.1) is 5.56 Å². The Hall–Kier alpha value is -2.46. The number of nitrogens with zero attached hydrogens (tertiary/aromatic N) is 1. The molecular weight excluding hydrogens is 440 g/mol. The predicted octanol–water partition coefficient (Wildman–Crippen LogP) is 1.86. The van der Waals surface area contributed by atoms with Gasteiger partial charge in [0.1, 0.15) is 11.4 Å². The summed E-state index contributed by atoms with van der Waals surface area (Å²) in [5.74, 6) is -3.20. The monoisotopic (exact) mass is 456 g/mol. The molecule has 0 aliphatic rings. The molecule has 0 saturated carbocycles. The molecule has 2 aromatic rings. The molecule has 10 heteroatoms. The SMILES string of the molecule is CCc1ccc(C(=O)c2cc(Br)cc(C(=O)O)c2)n1NC(=O)CS(C)(=O)=O. The lowest BCUT2D eigenvalue weighted by Crippen LogP contribution is -2.32. The van der Waals surface area contributed by atoms with Gasteiger partial charge in [0, 0.05) is 22.0 Å². The van der Waals surface area contributed by atoms with Gasteiger partial charge in [-0.15, -0.1) is 0 Å². The molecular formula is C17H17BrN2O6S. The van der Waals surface area contributed by atoms with E-state index in [1.165, 1.54) is 28.9 Å². The van der Waals surface area contributed by atoms with Crippen molar-refractivity contribution >= 4 is 43.4 Å². The molecule has 144 valence electrons. The van der Waals surface area contributed by atoms with E-state index in [1.54, 1.807) is 6.07 Å². The number of carboxylic acids is 1. The van der Waals surface area contributed by atoms with Gasteiger partial charge < -0.3 is 5.11 Å². The molecule has 1 aromatic carbocycles. The van der Waals surface area contributed by atoms with Crippen molar-refractivity contribution in [1.29, 1.82) is 0 Å². The zero-order chi connectivity index (χ0) is 20.4. The van der Waals surface area contributed by atoms with Crippen LogP contribution in [-0.4, -0.2) is 47.9 Å². The summed E-state index contributed by atoms with van der Waals surface area (Å²) in [5, 5.41) is 9.16. The number of amides is 1. The van der Waals surface area contributed by atoms with E-state index in [9.17, 15) is 22.8 Å². The molecule has 8 nitrogen and oxygen atoms in total. The lowest BCUT2D eigenvalue weighted by Gasteiger charge is -2.14. The molecule has 1 amide bonds. The average molecular weight is 457 g/mol. The fraction of sp³-hybridized carbons (Fsp3) is 0.235. The Morgan fingerprint density at radius 3 is 2.33 bits per heavy atom. The number of nitrogens with one attached hydrogen (secondary N) is 1. The maximum absolute atomic E-state index is 12.9. The van der Waals surface area contributed by atoms with Gasteiger partial charge >= 0.3 is 5.97 Å². The van der Waals surface area contributed by atoms with Gasteiger partial charge in [-0.1, -0.05) is 22.9 Å². The zero-order valence-corrected chi connectivity index (χ0v) is 16.9. The van der Waals surface area contributed by atoms with E-state index in [4.69, 9.17) is 5.11 Å². The highest BCUT2D eigenvalue weighted by atomic mass is 79.9. The number of aromatic carboxylic acids is 1. The van der Waals surface area contributed by atoms with Crippen molar-refractivity contribution in [3.8, 4) is 0 Å². The Morgan fingerprint density at radius 2 is 1.78 bits per heavy atom. The van der Waals surface area contributed by atoms with Crippen molar-refractivity contribution in [1.82, 2.24) is 4.68 Å². The van der Waals surface area contributed by atoms with E-state index < -0.39 is 33.2 Å². The number of hydrogen-bond donors (Lipinski definition) is 2. The third kappa shape index (κ3) is 5.27. The van der Waals surface area contributed by atoms with Gasteiger partial charge in [-0.2, -0.15) is 0 Å². The Balaban J connectivity index is 2.44. The maximum atomic E-state index is 12.9. The second kappa shape index (κ2) is 8.05. The molecule has 0 aliphatic carbocycles. The van der Waals surface area contributed by atoms with Crippen LogP contribution in [0, 0.1) is 0 Å². The second-order valence-electron chi connectivity index (χ2n) is 5.87. The van der Waals surface area contributed by atoms with E-state index in [0.29, 0.717) is 16.6 Å². The highest BCUT2D eigenvalue weighted by molar-refractivity contribution is 9.10.